The quantitative estimate of drug-likeness (QED) is 0.735. The predicted octanol–water partition coefficient (Wildman–Crippen LogP) is -0.275. The molecule has 0 atom stereocenters. The first-order valence-electron chi connectivity index (χ1n) is 3.86. The molecule has 2 aromatic heterocycles. The topological polar surface area (TPSA) is 86.7 Å². The molecule has 2 heterocycles. The standard InChI is InChI=1S/C7H7N5OS/c8-7-11-10-5(14-7)4-12-6(13)2-1-3-9-12/h1-3H,4H2,(H2,8,11). The molecule has 6 nitrogen and oxygen atoms in total. The lowest BCUT2D eigenvalue weighted by molar-refractivity contribution is 0.632. The number of aromatic nitrogens is 4. The van der Waals surface area contributed by atoms with Crippen LogP contribution in [0.25, 0.3) is 0 Å². The Bertz CT molecular complexity index is 491. The number of hydrogen-bond acceptors (Lipinski definition) is 6. The van der Waals surface area contributed by atoms with Crippen molar-refractivity contribution in [2.45, 2.75) is 6.54 Å². The number of hydrogen-bond donors (Lipinski definition) is 1. The van der Waals surface area contributed by atoms with Crippen LogP contribution in [0.2, 0.25) is 0 Å². The highest BCUT2D eigenvalue weighted by atomic mass is 32.1. The van der Waals surface area contributed by atoms with E-state index in [1.165, 1.54) is 22.1 Å². The van der Waals surface area contributed by atoms with Crippen molar-refractivity contribution in [3.05, 3.63) is 33.7 Å². The predicted molar refractivity (Wildman–Crippen MR) is 51.9 cm³/mol. The molecule has 0 aliphatic rings. The molecule has 14 heavy (non-hydrogen) atoms. The van der Waals surface area contributed by atoms with Gasteiger partial charge in [-0.2, -0.15) is 5.10 Å². The Labute approximate surface area is 83.0 Å². The summed E-state index contributed by atoms with van der Waals surface area (Å²) in [6, 6.07) is 3.03. The molecule has 2 N–H and O–H groups in total. The normalized spacial score (nSPS) is 10.3. The maximum Gasteiger partial charge on any atom is 0.267 e. The van der Waals surface area contributed by atoms with Gasteiger partial charge in [-0.05, 0) is 6.07 Å². The van der Waals surface area contributed by atoms with Gasteiger partial charge >= 0.3 is 0 Å². The van der Waals surface area contributed by atoms with Crippen molar-refractivity contribution in [2.75, 3.05) is 5.73 Å². The highest BCUT2D eigenvalue weighted by Gasteiger charge is 2.03. The van der Waals surface area contributed by atoms with Crippen molar-refractivity contribution in [1.29, 1.82) is 0 Å². The molecule has 0 unspecified atom stereocenters. The average molecular weight is 209 g/mol. The second-order valence-electron chi connectivity index (χ2n) is 2.55. The molecule has 0 spiro atoms. The van der Waals surface area contributed by atoms with Crippen molar-refractivity contribution >= 4 is 16.5 Å². The summed E-state index contributed by atoms with van der Waals surface area (Å²) in [5.41, 5.74) is 5.24. The minimum atomic E-state index is -0.165. The van der Waals surface area contributed by atoms with Gasteiger partial charge in [-0.3, -0.25) is 4.79 Å². The van der Waals surface area contributed by atoms with Crippen LogP contribution in [0.3, 0.4) is 0 Å². The first kappa shape index (κ1) is 8.82. The van der Waals surface area contributed by atoms with E-state index < -0.39 is 0 Å². The van der Waals surface area contributed by atoms with Gasteiger partial charge in [-0.25, -0.2) is 4.68 Å². The van der Waals surface area contributed by atoms with Gasteiger partial charge < -0.3 is 5.73 Å². The lowest BCUT2D eigenvalue weighted by atomic mass is 10.5. The Morgan fingerprint density at radius 2 is 2.36 bits per heavy atom. The Balaban J connectivity index is 2.27. The zero-order valence-electron chi connectivity index (χ0n) is 7.12. The highest BCUT2D eigenvalue weighted by molar-refractivity contribution is 7.15. The van der Waals surface area contributed by atoms with E-state index in [4.69, 9.17) is 5.73 Å². The lowest BCUT2D eigenvalue weighted by Crippen LogP contribution is -2.21. The van der Waals surface area contributed by atoms with Crippen LogP contribution in [0.4, 0.5) is 5.13 Å². The number of nitrogens with zero attached hydrogens (tertiary/aromatic N) is 4. The van der Waals surface area contributed by atoms with Crippen LogP contribution in [0.5, 0.6) is 0 Å². The maximum absolute atomic E-state index is 11.3. The van der Waals surface area contributed by atoms with Gasteiger partial charge in [0.2, 0.25) is 5.13 Å². The molecule has 0 saturated heterocycles. The third-order valence-electron chi connectivity index (χ3n) is 1.55. The van der Waals surface area contributed by atoms with Crippen LogP contribution < -0.4 is 11.3 Å². The summed E-state index contributed by atoms with van der Waals surface area (Å²) in [7, 11) is 0. The Kier molecular flexibility index (Phi) is 2.23. The van der Waals surface area contributed by atoms with Gasteiger partial charge in [0.05, 0.1) is 6.54 Å². The van der Waals surface area contributed by atoms with E-state index in [9.17, 15) is 4.79 Å². The first-order chi connectivity index (χ1) is 6.75. The van der Waals surface area contributed by atoms with Crippen molar-refractivity contribution in [1.82, 2.24) is 20.0 Å². The second-order valence-corrected chi connectivity index (χ2v) is 3.65. The van der Waals surface area contributed by atoms with Gasteiger partial charge in [0, 0.05) is 12.3 Å². The summed E-state index contributed by atoms with van der Waals surface area (Å²) in [6.45, 7) is 0.314. The highest BCUT2D eigenvalue weighted by Crippen LogP contribution is 2.10. The number of nitrogen functional groups attached to an aromatic ring is 1. The lowest BCUT2D eigenvalue weighted by Gasteiger charge is -1.97. The summed E-state index contributed by atoms with van der Waals surface area (Å²) in [5, 5.41) is 12.4. The fourth-order valence-electron chi connectivity index (χ4n) is 0.965. The van der Waals surface area contributed by atoms with E-state index in [1.54, 1.807) is 12.3 Å². The van der Waals surface area contributed by atoms with Gasteiger partial charge in [-0.15, -0.1) is 10.2 Å². The van der Waals surface area contributed by atoms with Crippen LogP contribution in [0.1, 0.15) is 5.01 Å². The third kappa shape index (κ3) is 1.77. The molecule has 0 fully saturated rings. The van der Waals surface area contributed by atoms with Gasteiger partial charge in [0.15, 0.2) is 0 Å². The Morgan fingerprint density at radius 1 is 1.50 bits per heavy atom. The summed E-state index contributed by atoms with van der Waals surface area (Å²) in [5.74, 6) is 0. The second kappa shape index (κ2) is 3.54. The smallest absolute Gasteiger partial charge is 0.267 e. The first-order valence-corrected chi connectivity index (χ1v) is 4.67. The fraction of sp³-hybridized carbons (Fsp3) is 0.143. The summed E-state index contributed by atoms with van der Waals surface area (Å²) >= 11 is 1.25. The molecule has 0 radical (unpaired) electrons. The van der Waals surface area contributed by atoms with Crippen LogP contribution in [-0.4, -0.2) is 20.0 Å². The molecular formula is C7H7N5OS. The van der Waals surface area contributed by atoms with Gasteiger partial charge in [0.25, 0.3) is 5.56 Å². The largest absolute Gasteiger partial charge is 0.374 e. The van der Waals surface area contributed by atoms with Crippen molar-refractivity contribution in [3.63, 3.8) is 0 Å². The van der Waals surface area contributed by atoms with E-state index in [2.05, 4.69) is 15.3 Å². The average Bonchev–Trinajstić information content (AvgIpc) is 2.56. The SMILES string of the molecule is Nc1nnc(Cn2ncccc2=O)s1. The summed E-state index contributed by atoms with van der Waals surface area (Å²) in [6.07, 6.45) is 1.55. The molecule has 0 saturated carbocycles. The van der Waals surface area contributed by atoms with E-state index >= 15 is 0 Å². The van der Waals surface area contributed by atoms with Gasteiger partial charge in [0.1, 0.15) is 5.01 Å². The molecule has 0 aliphatic carbocycles. The minimum Gasteiger partial charge on any atom is -0.374 e. The van der Waals surface area contributed by atoms with Crippen molar-refractivity contribution < 1.29 is 0 Å². The van der Waals surface area contributed by atoms with Crippen LogP contribution >= 0.6 is 11.3 Å². The van der Waals surface area contributed by atoms with E-state index in [0.717, 1.165) is 0 Å². The number of nitrogens with two attached hydrogens (primary N) is 1. The maximum atomic E-state index is 11.3. The molecule has 0 aromatic carbocycles. The molecule has 7 heteroatoms. The van der Waals surface area contributed by atoms with Crippen LogP contribution in [0.15, 0.2) is 23.1 Å². The van der Waals surface area contributed by atoms with Crippen LogP contribution in [0, 0.1) is 0 Å². The molecule has 0 bridgehead atoms. The number of anilines is 1. The molecule has 0 aliphatic heterocycles. The van der Waals surface area contributed by atoms with E-state index in [-0.39, 0.29) is 5.56 Å². The zero-order chi connectivity index (χ0) is 9.97. The Hall–Kier alpha value is -1.76. The van der Waals surface area contributed by atoms with E-state index in [0.29, 0.717) is 16.7 Å². The fourth-order valence-corrected chi connectivity index (χ4v) is 1.56. The molecule has 2 rings (SSSR count). The molecule has 0 amide bonds. The summed E-state index contributed by atoms with van der Waals surface area (Å²) in [4.78, 5) is 11.3. The summed E-state index contributed by atoms with van der Waals surface area (Å²) < 4.78 is 1.31. The van der Waals surface area contributed by atoms with Crippen molar-refractivity contribution in [3.8, 4) is 0 Å². The van der Waals surface area contributed by atoms with E-state index in [1.807, 2.05) is 0 Å². The molecule has 2 aromatic rings. The minimum absolute atomic E-state index is 0.165. The molecule has 72 valence electrons. The monoisotopic (exact) mass is 209 g/mol. The Morgan fingerprint density at radius 3 is 3.00 bits per heavy atom. The molecular weight excluding hydrogens is 202 g/mol. The van der Waals surface area contributed by atoms with Crippen molar-refractivity contribution in [2.24, 2.45) is 0 Å². The number of rotatable bonds is 2. The third-order valence-corrected chi connectivity index (χ3v) is 2.29. The van der Waals surface area contributed by atoms with Crippen LogP contribution in [-0.2, 0) is 6.54 Å². The van der Waals surface area contributed by atoms with Gasteiger partial charge in [-0.1, -0.05) is 11.3 Å². The zero-order valence-corrected chi connectivity index (χ0v) is 7.94.